The van der Waals surface area contributed by atoms with Crippen molar-refractivity contribution in [2.45, 2.75) is 19.3 Å². The lowest BCUT2D eigenvalue weighted by molar-refractivity contribution is -0.137. The number of halogens is 1. The van der Waals surface area contributed by atoms with Crippen molar-refractivity contribution in [3.05, 3.63) is 29.6 Å². The molecule has 0 unspecified atom stereocenters. The number of carboxylic acids is 1. The molecule has 0 bridgehead atoms. The Labute approximate surface area is 112 Å². The van der Waals surface area contributed by atoms with E-state index in [-0.39, 0.29) is 18.0 Å². The van der Waals surface area contributed by atoms with Crippen LogP contribution in [-0.4, -0.2) is 43.2 Å². The van der Waals surface area contributed by atoms with Gasteiger partial charge >= 0.3 is 5.97 Å². The number of rotatable bonds is 8. The van der Waals surface area contributed by atoms with Crippen LogP contribution in [0.5, 0.6) is 5.75 Å². The molecular formula is C14H20FNO3. The molecule has 0 aliphatic carbocycles. The van der Waals surface area contributed by atoms with E-state index >= 15 is 0 Å². The fraction of sp³-hybridized carbons (Fsp3) is 0.500. The highest BCUT2D eigenvalue weighted by molar-refractivity contribution is 5.66. The van der Waals surface area contributed by atoms with Gasteiger partial charge in [-0.3, -0.25) is 4.79 Å². The number of ether oxygens (including phenoxy) is 1. The molecule has 0 spiro atoms. The summed E-state index contributed by atoms with van der Waals surface area (Å²) in [7, 11) is 3.37. The Balaban J connectivity index is 2.35. The van der Waals surface area contributed by atoms with Gasteiger partial charge in [-0.2, -0.15) is 0 Å². The number of likely N-dealkylation sites (N-methyl/N-ethyl adjacent to an activating group) is 1. The van der Waals surface area contributed by atoms with Crippen molar-refractivity contribution < 1.29 is 19.0 Å². The number of nitrogens with zero attached hydrogens (tertiary/aromatic N) is 1. The summed E-state index contributed by atoms with van der Waals surface area (Å²) in [5, 5.41) is 8.54. The topological polar surface area (TPSA) is 49.8 Å². The molecule has 0 saturated heterocycles. The molecule has 0 aromatic heterocycles. The summed E-state index contributed by atoms with van der Waals surface area (Å²) in [6, 6.07) is 4.94. The summed E-state index contributed by atoms with van der Waals surface area (Å²) < 4.78 is 18.3. The van der Waals surface area contributed by atoms with Crippen molar-refractivity contribution in [3.63, 3.8) is 0 Å². The number of carbonyl (C=O) groups is 1. The van der Waals surface area contributed by atoms with E-state index in [9.17, 15) is 9.18 Å². The first-order valence-electron chi connectivity index (χ1n) is 6.25. The van der Waals surface area contributed by atoms with Gasteiger partial charge in [0.25, 0.3) is 0 Å². The van der Waals surface area contributed by atoms with Crippen molar-refractivity contribution in [1.29, 1.82) is 0 Å². The lowest BCUT2D eigenvalue weighted by Crippen LogP contribution is -2.23. The molecule has 0 heterocycles. The maximum atomic E-state index is 13.5. The molecule has 0 aliphatic heterocycles. The Morgan fingerprint density at radius 1 is 1.42 bits per heavy atom. The Bertz CT molecular complexity index is 423. The monoisotopic (exact) mass is 269 g/mol. The van der Waals surface area contributed by atoms with E-state index in [2.05, 4.69) is 0 Å². The first-order chi connectivity index (χ1) is 9.02. The minimum atomic E-state index is -0.773. The van der Waals surface area contributed by atoms with Crippen LogP contribution in [-0.2, 0) is 11.2 Å². The van der Waals surface area contributed by atoms with Gasteiger partial charge in [-0.1, -0.05) is 6.07 Å². The van der Waals surface area contributed by atoms with Crippen molar-refractivity contribution >= 4 is 5.97 Å². The number of methoxy groups -OCH3 is 1. The second-order valence-electron chi connectivity index (χ2n) is 4.52. The molecule has 0 radical (unpaired) electrons. The number of hydrogen-bond donors (Lipinski definition) is 1. The van der Waals surface area contributed by atoms with Gasteiger partial charge < -0.3 is 14.7 Å². The molecule has 1 rings (SSSR count). The summed E-state index contributed by atoms with van der Waals surface area (Å²) in [5.41, 5.74) is 0.906. The molecular weight excluding hydrogens is 249 g/mol. The predicted molar refractivity (Wildman–Crippen MR) is 71.0 cm³/mol. The second-order valence-corrected chi connectivity index (χ2v) is 4.52. The van der Waals surface area contributed by atoms with E-state index in [0.717, 1.165) is 25.1 Å². The van der Waals surface area contributed by atoms with Gasteiger partial charge in [0.15, 0.2) is 11.6 Å². The van der Waals surface area contributed by atoms with Crippen LogP contribution in [0, 0.1) is 5.82 Å². The minimum Gasteiger partial charge on any atom is -0.494 e. The third-order valence-electron chi connectivity index (χ3n) is 2.93. The van der Waals surface area contributed by atoms with Crippen molar-refractivity contribution in [2.75, 3.05) is 27.2 Å². The quantitative estimate of drug-likeness (QED) is 0.786. The van der Waals surface area contributed by atoms with Crippen molar-refractivity contribution in [2.24, 2.45) is 0 Å². The molecule has 1 aromatic rings. The lowest BCUT2D eigenvalue weighted by Gasteiger charge is -2.16. The molecule has 106 valence electrons. The third kappa shape index (κ3) is 5.70. The van der Waals surface area contributed by atoms with Crippen LogP contribution in [0.4, 0.5) is 4.39 Å². The van der Waals surface area contributed by atoms with Gasteiger partial charge in [-0.05, 0) is 44.1 Å². The summed E-state index contributed by atoms with van der Waals surface area (Å²) in [6.07, 6.45) is 1.54. The van der Waals surface area contributed by atoms with E-state index in [4.69, 9.17) is 9.84 Å². The van der Waals surface area contributed by atoms with Crippen LogP contribution in [0.25, 0.3) is 0 Å². The average molecular weight is 269 g/mol. The van der Waals surface area contributed by atoms with E-state index in [1.165, 1.54) is 13.2 Å². The number of carboxylic acid groups (broad SMARTS) is 1. The van der Waals surface area contributed by atoms with Crippen molar-refractivity contribution in [3.8, 4) is 5.75 Å². The largest absolute Gasteiger partial charge is 0.494 e. The van der Waals surface area contributed by atoms with Crippen molar-refractivity contribution in [1.82, 2.24) is 4.90 Å². The van der Waals surface area contributed by atoms with E-state index in [0.29, 0.717) is 6.42 Å². The fourth-order valence-corrected chi connectivity index (χ4v) is 1.80. The van der Waals surface area contributed by atoms with Gasteiger partial charge in [0.1, 0.15) is 0 Å². The molecule has 0 atom stereocenters. The Morgan fingerprint density at radius 2 is 2.16 bits per heavy atom. The second kappa shape index (κ2) is 7.74. The van der Waals surface area contributed by atoms with Crippen LogP contribution >= 0.6 is 0 Å². The highest BCUT2D eigenvalue weighted by Crippen LogP contribution is 2.18. The van der Waals surface area contributed by atoms with Crippen LogP contribution in [0.2, 0.25) is 0 Å². The molecule has 0 amide bonds. The Hall–Kier alpha value is -1.62. The average Bonchev–Trinajstić information content (AvgIpc) is 2.36. The predicted octanol–water partition coefficient (Wildman–Crippen LogP) is 2.17. The van der Waals surface area contributed by atoms with Gasteiger partial charge in [-0.25, -0.2) is 4.39 Å². The number of hydrogen-bond acceptors (Lipinski definition) is 3. The minimum absolute atomic E-state index is 0.182. The lowest BCUT2D eigenvalue weighted by atomic mass is 10.1. The third-order valence-corrected chi connectivity index (χ3v) is 2.93. The molecule has 1 N–H and O–H groups in total. The van der Waals surface area contributed by atoms with E-state index in [1.807, 2.05) is 18.0 Å². The molecule has 0 fully saturated rings. The maximum Gasteiger partial charge on any atom is 0.303 e. The maximum absolute atomic E-state index is 13.5. The van der Waals surface area contributed by atoms with Gasteiger partial charge in [0, 0.05) is 13.0 Å². The number of benzene rings is 1. The summed E-state index contributed by atoms with van der Waals surface area (Å²) in [5.74, 6) is -0.877. The highest BCUT2D eigenvalue weighted by Gasteiger charge is 2.05. The van der Waals surface area contributed by atoms with Gasteiger partial charge in [0.05, 0.1) is 7.11 Å². The normalized spacial score (nSPS) is 10.7. The van der Waals surface area contributed by atoms with Gasteiger partial charge in [0.2, 0.25) is 0 Å². The molecule has 0 aliphatic rings. The summed E-state index contributed by atoms with van der Waals surface area (Å²) in [4.78, 5) is 12.4. The molecule has 0 saturated carbocycles. The summed E-state index contributed by atoms with van der Waals surface area (Å²) in [6.45, 7) is 1.50. The number of aliphatic carboxylic acids is 1. The Morgan fingerprint density at radius 3 is 2.74 bits per heavy atom. The smallest absolute Gasteiger partial charge is 0.303 e. The SMILES string of the molecule is COc1ccc(CCN(C)CCCC(=O)O)cc1F. The van der Waals surface area contributed by atoms with Crippen LogP contribution in [0.15, 0.2) is 18.2 Å². The fourth-order valence-electron chi connectivity index (χ4n) is 1.80. The zero-order valence-electron chi connectivity index (χ0n) is 11.4. The van der Waals surface area contributed by atoms with Gasteiger partial charge in [-0.15, -0.1) is 0 Å². The van der Waals surface area contributed by atoms with E-state index in [1.54, 1.807) is 6.07 Å². The standard InChI is InChI=1S/C14H20FNO3/c1-16(8-3-4-14(17)18)9-7-11-5-6-13(19-2)12(15)10-11/h5-6,10H,3-4,7-9H2,1-2H3,(H,17,18). The zero-order valence-corrected chi connectivity index (χ0v) is 11.4. The molecule has 1 aromatic carbocycles. The molecule has 19 heavy (non-hydrogen) atoms. The first kappa shape index (κ1) is 15.4. The zero-order chi connectivity index (χ0) is 14.3. The molecule has 5 heteroatoms. The van der Waals surface area contributed by atoms with Crippen LogP contribution < -0.4 is 4.74 Å². The molecule has 4 nitrogen and oxygen atoms in total. The van der Waals surface area contributed by atoms with Crippen LogP contribution in [0.1, 0.15) is 18.4 Å². The Kier molecular flexibility index (Phi) is 6.29. The first-order valence-corrected chi connectivity index (χ1v) is 6.25. The summed E-state index contributed by atoms with van der Waals surface area (Å²) >= 11 is 0. The van der Waals surface area contributed by atoms with E-state index < -0.39 is 5.97 Å². The van der Waals surface area contributed by atoms with Crippen LogP contribution in [0.3, 0.4) is 0 Å². The highest BCUT2D eigenvalue weighted by atomic mass is 19.1.